The van der Waals surface area contributed by atoms with E-state index in [9.17, 15) is 0 Å². The Bertz CT molecular complexity index is 1060. The second-order valence-corrected chi connectivity index (χ2v) is 7.74. The highest BCUT2D eigenvalue weighted by molar-refractivity contribution is 14.1. The van der Waals surface area contributed by atoms with Crippen molar-refractivity contribution in [1.82, 2.24) is 0 Å². The first kappa shape index (κ1) is 16.4. The molecule has 0 unspecified atom stereocenters. The van der Waals surface area contributed by atoms with Crippen molar-refractivity contribution in [3.8, 4) is 22.6 Å². The minimum absolute atomic E-state index is 0.920. The lowest BCUT2D eigenvalue weighted by atomic mass is 9.98. The van der Waals surface area contributed by atoms with Gasteiger partial charge in [0.1, 0.15) is 11.5 Å². The fourth-order valence-electron chi connectivity index (χ4n) is 3.69. The van der Waals surface area contributed by atoms with Crippen LogP contribution in [0.1, 0.15) is 16.7 Å². The Morgan fingerprint density at radius 3 is 2.12 bits per heavy atom. The topological polar surface area (TPSA) is 13.1 Å². The predicted octanol–water partition coefficient (Wildman–Crippen LogP) is 7.30. The van der Waals surface area contributed by atoms with Gasteiger partial charge in [-0.25, -0.2) is 0 Å². The summed E-state index contributed by atoms with van der Waals surface area (Å²) in [4.78, 5) is 0. The Balaban J connectivity index is 1.89. The maximum absolute atomic E-state index is 6.32. The van der Waals surface area contributed by atoms with Crippen LogP contribution in [0, 0.1) is 24.3 Å². The monoisotopic (exact) mass is 438 g/mol. The van der Waals surface area contributed by atoms with Crippen LogP contribution >= 0.6 is 22.6 Å². The average Bonchev–Trinajstić information content (AvgIpc) is 3.03. The Morgan fingerprint density at radius 2 is 1.40 bits per heavy atom. The molecule has 124 valence electrons. The van der Waals surface area contributed by atoms with Gasteiger partial charge in [0.05, 0.1) is 0 Å². The Labute approximate surface area is 161 Å². The molecule has 0 bridgehead atoms. The summed E-state index contributed by atoms with van der Waals surface area (Å²) in [7, 11) is 0. The molecule has 4 rings (SSSR count). The largest absolute Gasteiger partial charge is 0.456 e. The molecule has 0 aliphatic rings. The number of aryl methyl sites for hydroxylation is 3. The molecule has 0 fully saturated rings. The molecular weight excluding hydrogens is 419 g/mol. The Kier molecular flexibility index (Phi) is 4.16. The lowest BCUT2D eigenvalue weighted by molar-refractivity contribution is 0.597. The van der Waals surface area contributed by atoms with Crippen LogP contribution in [0.4, 0.5) is 0 Å². The summed E-state index contributed by atoms with van der Waals surface area (Å²) in [6.07, 6.45) is 0. The third-order valence-electron chi connectivity index (χ3n) is 4.65. The van der Waals surface area contributed by atoms with E-state index < -0.39 is 0 Å². The van der Waals surface area contributed by atoms with Crippen molar-refractivity contribution in [3.63, 3.8) is 0 Å². The van der Waals surface area contributed by atoms with E-state index in [-0.39, 0.29) is 0 Å². The third-order valence-corrected chi connectivity index (χ3v) is 5.55. The summed E-state index contributed by atoms with van der Waals surface area (Å²) in [6.45, 7) is 6.44. The van der Waals surface area contributed by atoms with Crippen molar-refractivity contribution < 1.29 is 4.42 Å². The van der Waals surface area contributed by atoms with Crippen molar-refractivity contribution in [3.05, 3.63) is 80.9 Å². The Hall–Kier alpha value is -2.07. The van der Waals surface area contributed by atoms with Crippen molar-refractivity contribution >= 4 is 33.4 Å². The van der Waals surface area contributed by atoms with Gasteiger partial charge >= 0.3 is 0 Å². The van der Waals surface area contributed by atoms with Crippen LogP contribution in [0.3, 0.4) is 0 Å². The molecule has 1 aromatic heterocycles. The number of fused-ring (bicyclic) bond motifs is 1. The van der Waals surface area contributed by atoms with Crippen molar-refractivity contribution in [2.24, 2.45) is 0 Å². The molecule has 0 saturated heterocycles. The van der Waals surface area contributed by atoms with Crippen LogP contribution < -0.4 is 0 Å². The van der Waals surface area contributed by atoms with Gasteiger partial charge in [0.2, 0.25) is 0 Å². The summed E-state index contributed by atoms with van der Waals surface area (Å²) in [6, 6.07) is 21.4. The van der Waals surface area contributed by atoms with Crippen molar-refractivity contribution in [1.29, 1.82) is 0 Å². The standard InChI is InChI=1S/C23H19IO/c1-14-12-15(2)22(16(3)13-14)21-11-10-20(25-21)18-8-4-6-17-7-5-9-19(24)23(17)18/h4-13H,1-3H3. The molecule has 4 aromatic rings. The maximum Gasteiger partial charge on any atom is 0.135 e. The predicted molar refractivity (Wildman–Crippen MR) is 114 cm³/mol. The van der Waals surface area contributed by atoms with Gasteiger partial charge in [-0.15, -0.1) is 0 Å². The lowest BCUT2D eigenvalue weighted by Crippen LogP contribution is -1.88. The number of hydrogen-bond donors (Lipinski definition) is 0. The summed E-state index contributed by atoms with van der Waals surface area (Å²) < 4.78 is 7.56. The first-order valence-electron chi connectivity index (χ1n) is 8.40. The van der Waals surface area contributed by atoms with Crippen molar-refractivity contribution in [2.75, 3.05) is 0 Å². The van der Waals surface area contributed by atoms with E-state index in [4.69, 9.17) is 4.42 Å². The second-order valence-electron chi connectivity index (χ2n) is 6.58. The van der Waals surface area contributed by atoms with Crippen LogP contribution in [0.25, 0.3) is 33.4 Å². The molecule has 0 spiro atoms. The molecule has 0 aliphatic carbocycles. The molecule has 2 heteroatoms. The van der Waals surface area contributed by atoms with E-state index in [1.165, 1.54) is 36.6 Å². The molecule has 0 amide bonds. The fraction of sp³-hybridized carbons (Fsp3) is 0.130. The molecule has 1 heterocycles. The maximum atomic E-state index is 6.32. The lowest BCUT2D eigenvalue weighted by Gasteiger charge is -2.09. The third kappa shape index (κ3) is 2.89. The second kappa shape index (κ2) is 6.34. The zero-order valence-corrected chi connectivity index (χ0v) is 16.7. The van der Waals surface area contributed by atoms with Gasteiger partial charge in [-0.3, -0.25) is 0 Å². The fourth-order valence-corrected chi connectivity index (χ4v) is 4.50. The molecule has 0 atom stereocenters. The smallest absolute Gasteiger partial charge is 0.135 e. The van der Waals surface area contributed by atoms with Crippen LogP contribution in [-0.4, -0.2) is 0 Å². The SMILES string of the molecule is Cc1cc(C)c(-c2ccc(-c3cccc4cccc(I)c34)o2)c(C)c1. The van der Waals surface area contributed by atoms with E-state index in [2.05, 4.69) is 104 Å². The van der Waals surface area contributed by atoms with E-state index in [1.54, 1.807) is 0 Å². The van der Waals surface area contributed by atoms with E-state index in [0.717, 1.165) is 17.1 Å². The minimum Gasteiger partial charge on any atom is -0.456 e. The van der Waals surface area contributed by atoms with E-state index in [1.807, 2.05) is 0 Å². The normalized spacial score (nSPS) is 11.2. The number of benzene rings is 3. The number of halogens is 1. The summed E-state index contributed by atoms with van der Waals surface area (Å²) >= 11 is 2.40. The highest BCUT2D eigenvalue weighted by Crippen LogP contribution is 2.37. The molecule has 25 heavy (non-hydrogen) atoms. The average molecular weight is 438 g/mol. The molecule has 0 saturated carbocycles. The Morgan fingerprint density at radius 1 is 0.760 bits per heavy atom. The first-order chi connectivity index (χ1) is 12.0. The van der Waals surface area contributed by atoms with E-state index >= 15 is 0 Å². The van der Waals surface area contributed by atoms with Gasteiger partial charge < -0.3 is 4.42 Å². The highest BCUT2D eigenvalue weighted by Gasteiger charge is 2.14. The number of rotatable bonds is 2. The van der Waals surface area contributed by atoms with Crippen molar-refractivity contribution in [2.45, 2.75) is 20.8 Å². The summed E-state index contributed by atoms with van der Waals surface area (Å²) in [5.74, 6) is 1.86. The zero-order chi connectivity index (χ0) is 17.6. The highest BCUT2D eigenvalue weighted by atomic mass is 127. The minimum atomic E-state index is 0.920. The molecule has 3 aromatic carbocycles. The molecular formula is C23H19IO. The van der Waals surface area contributed by atoms with Gasteiger partial charge in [-0.1, -0.05) is 48.0 Å². The molecule has 0 N–H and O–H groups in total. The van der Waals surface area contributed by atoms with E-state index in [0.29, 0.717) is 0 Å². The van der Waals surface area contributed by atoms with Gasteiger partial charge in [0.15, 0.2) is 0 Å². The van der Waals surface area contributed by atoms with Gasteiger partial charge in [0.25, 0.3) is 0 Å². The van der Waals surface area contributed by atoms with Gasteiger partial charge in [0, 0.05) is 20.1 Å². The quantitative estimate of drug-likeness (QED) is 0.300. The van der Waals surface area contributed by atoms with Crippen LogP contribution in [-0.2, 0) is 0 Å². The van der Waals surface area contributed by atoms with Gasteiger partial charge in [-0.2, -0.15) is 0 Å². The van der Waals surface area contributed by atoms with Crippen LogP contribution in [0.15, 0.2) is 65.1 Å². The zero-order valence-electron chi connectivity index (χ0n) is 14.6. The molecule has 0 radical (unpaired) electrons. The molecule has 0 aliphatic heterocycles. The number of hydrogen-bond acceptors (Lipinski definition) is 1. The summed E-state index contributed by atoms with van der Waals surface area (Å²) in [5, 5.41) is 2.49. The first-order valence-corrected chi connectivity index (χ1v) is 9.48. The van der Waals surface area contributed by atoms with Crippen LogP contribution in [0.2, 0.25) is 0 Å². The number of furan rings is 1. The van der Waals surface area contributed by atoms with Crippen LogP contribution in [0.5, 0.6) is 0 Å². The summed E-state index contributed by atoms with van der Waals surface area (Å²) in [5.41, 5.74) is 6.15. The molecule has 1 nitrogen and oxygen atoms in total. The van der Waals surface area contributed by atoms with Gasteiger partial charge in [-0.05, 0) is 78.1 Å².